The Kier molecular flexibility index (Phi) is 3.50. The molecule has 1 aliphatic rings. The molecule has 0 fully saturated rings. The van der Waals surface area contributed by atoms with E-state index in [9.17, 15) is 9.59 Å². The number of carbonyl (C=O) groups excluding carboxylic acids is 1. The number of fused-ring (bicyclic) bond motifs is 1. The number of amides is 1. The van der Waals surface area contributed by atoms with Crippen LogP contribution in [0.25, 0.3) is 0 Å². The second-order valence-corrected chi connectivity index (χ2v) is 4.21. The van der Waals surface area contributed by atoms with Gasteiger partial charge in [0.2, 0.25) is 0 Å². The molecule has 1 aromatic heterocycles. The van der Waals surface area contributed by atoms with Crippen molar-refractivity contribution < 1.29 is 19.4 Å². The van der Waals surface area contributed by atoms with Gasteiger partial charge in [0.05, 0.1) is 24.8 Å². The van der Waals surface area contributed by atoms with Crippen molar-refractivity contribution in [2.75, 3.05) is 6.61 Å². The minimum Gasteiger partial charge on any atom is -0.476 e. The van der Waals surface area contributed by atoms with Gasteiger partial charge in [0.25, 0.3) is 0 Å². The van der Waals surface area contributed by atoms with Gasteiger partial charge in [-0.2, -0.15) is 0 Å². The summed E-state index contributed by atoms with van der Waals surface area (Å²) in [7, 11) is 0. The number of carbonyl (C=O) groups is 2. The molecule has 1 aliphatic heterocycles. The highest BCUT2D eigenvalue weighted by Crippen LogP contribution is 2.19. The maximum Gasteiger partial charge on any atom is 0.410 e. The van der Waals surface area contributed by atoms with E-state index in [0.717, 1.165) is 0 Å². The first-order valence-corrected chi connectivity index (χ1v) is 5.74. The molecule has 2 heterocycles. The van der Waals surface area contributed by atoms with Crippen molar-refractivity contribution in [1.29, 1.82) is 0 Å². The van der Waals surface area contributed by atoms with Crippen LogP contribution in [0.15, 0.2) is 12.7 Å². The van der Waals surface area contributed by atoms with Crippen LogP contribution in [0.1, 0.15) is 23.1 Å². The Morgan fingerprint density at radius 1 is 1.63 bits per heavy atom. The largest absolute Gasteiger partial charge is 0.476 e. The highest BCUT2D eigenvalue weighted by atomic mass is 16.6. The second-order valence-electron chi connectivity index (χ2n) is 4.21. The van der Waals surface area contributed by atoms with Gasteiger partial charge >= 0.3 is 12.1 Å². The molecule has 1 atom stereocenters. The number of ether oxygens (including phenoxy) is 1. The van der Waals surface area contributed by atoms with Crippen molar-refractivity contribution in [1.82, 2.24) is 19.9 Å². The maximum absolute atomic E-state index is 11.8. The zero-order valence-corrected chi connectivity index (χ0v) is 10.4. The number of aromatic carboxylic acids is 1. The van der Waals surface area contributed by atoms with E-state index in [-0.39, 0.29) is 24.9 Å². The van der Waals surface area contributed by atoms with E-state index in [0.29, 0.717) is 12.2 Å². The monoisotopic (exact) mass is 266 g/mol. The Labute approximate surface area is 109 Å². The molecule has 8 nitrogen and oxygen atoms in total. The number of carboxylic acids is 1. The zero-order valence-electron chi connectivity index (χ0n) is 10.4. The lowest BCUT2D eigenvalue weighted by Gasteiger charge is -2.32. The Hall–Kier alpha value is -2.38. The summed E-state index contributed by atoms with van der Waals surface area (Å²) in [4.78, 5) is 24.3. The van der Waals surface area contributed by atoms with Crippen LogP contribution < -0.4 is 0 Å². The fraction of sp³-hybridized carbons (Fsp3) is 0.455. The van der Waals surface area contributed by atoms with Crippen LogP contribution in [-0.4, -0.2) is 49.7 Å². The SMILES string of the molecule is C=CCOC(=O)N1Cc2c(C(=O)O)nnn2C[C@@H]1C. The van der Waals surface area contributed by atoms with E-state index in [2.05, 4.69) is 16.9 Å². The summed E-state index contributed by atoms with van der Waals surface area (Å²) in [5, 5.41) is 16.4. The van der Waals surface area contributed by atoms with Gasteiger partial charge < -0.3 is 9.84 Å². The minimum absolute atomic E-state index is 0.116. The smallest absolute Gasteiger partial charge is 0.410 e. The van der Waals surface area contributed by atoms with E-state index in [1.807, 2.05) is 6.92 Å². The van der Waals surface area contributed by atoms with Gasteiger partial charge in [-0.05, 0) is 6.92 Å². The molecule has 19 heavy (non-hydrogen) atoms. The highest BCUT2D eigenvalue weighted by Gasteiger charge is 2.32. The zero-order chi connectivity index (χ0) is 14.0. The third kappa shape index (κ3) is 2.42. The third-order valence-corrected chi connectivity index (χ3v) is 2.89. The van der Waals surface area contributed by atoms with Crippen molar-refractivity contribution >= 4 is 12.1 Å². The highest BCUT2D eigenvalue weighted by molar-refractivity contribution is 5.86. The molecule has 0 bridgehead atoms. The van der Waals surface area contributed by atoms with Crippen molar-refractivity contribution in [3.8, 4) is 0 Å². The Morgan fingerprint density at radius 2 is 2.37 bits per heavy atom. The number of aromatic nitrogens is 3. The molecule has 1 N–H and O–H groups in total. The average molecular weight is 266 g/mol. The first-order chi connectivity index (χ1) is 9.04. The van der Waals surface area contributed by atoms with Crippen molar-refractivity contribution in [3.63, 3.8) is 0 Å². The van der Waals surface area contributed by atoms with Gasteiger partial charge in [-0.15, -0.1) is 5.10 Å². The summed E-state index contributed by atoms with van der Waals surface area (Å²) >= 11 is 0. The normalized spacial score (nSPS) is 17.7. The van der Waals surface area contributed by atoms with E-state index in [4.69, 9.17) is 9.84 Å². The van der Waals surface area contributed by atoms with E-state index < -0.39 is 12.1 Å². The summed E-state index contributed by atoms with van der Waals surface area (Å²) in [5.41, 5.74) is 0.273. The predicted molar refractivity (Wildman–Crippen MR) is 63.5 cm³/mol. The van der Waals surface area contributed by atoms with Crippen LogP contribution in [0.2, 0.25) is 0 Å². The molecule has 0 spiro atoms. The topological polar surface area (TPSA) is 97.6 Å². The number of carboxylic acid groups (broad SMARTS) is 1. The molecular formula is C11H14N4O4. The fourth-order valence-corrected chi connectivity index (χ4v) is 1.93. The van der Waals surface area contributed by atoms with Gasteiger partial charge in [-0.1, -0.05) is 17.9 Å². The van der Waals surface area contributed by atoms with Crippen molar-refractivity contribution in [3.05, 3.63) is 24.0 Å². The molecule has 0 aliphatic carbocycles. The molecule has 0 aromatic carbocycles. The van der Waals surface area contributed by atoms with Gasteiger partial charge in [-0.25, -0.2) is 14.3 Å². The molecule has 0 unspecified atom stereocenters. The molecule has 8 heteroatoms. The first kappa shape index (κ1) is 13.1. The van der Waals surface area contributed by atoms with Gasteiger partial charge in [0.15, 0.2) is 5.69 Å². The molecule has 102 valence electrons. The minimum atomic E-state index is -1.16. The molecule has 0 saturated heterocycles. The number of hydrogen-bond donors (Lipinski definition) is 1. The summed E-state index contributed by atoms with van der Waals surface area (Å²) in [6.07, 6.45) is 0.970. The van der Waals surface area contributed by atoms with Gasteiger partial charge in [0, 0.05) is 0 Å². The summed E-state index contributed by atoms with van der Waals surface area (Å²) < 4.78 is 6.47. The lowest BCUT2D eigenvalue weighted by Crippen LogP contribution is -2.45. The maximum atomic E-state index is 11.8. The molecule has 2 rings (SSSR count). The van der Waals surface area contributed by atoms with Crippen LogP contribution in [0, 0.1) is 0 Å². The molecule has 0 saturated carbocycles. The summed E-state index contributed by atoms with van der Waals surface area (Å²) in [6, 6.07) is -0.145. The van der Waals surface area contributed by atoms with Crippen LogP contribution in [0.5, 0.6) is 0 Å². The summed E-state index contributed by atoms with van der Waals surface area (Å²) in [5.74, 6) is -1.16. The van der Waals surface area contributed by atoms with Gasteiger partial charge in [-0.3, -0.25) is 4.90 Å². The van der Waals surface area contributed by atoms with E-state index in [1.54, 1.807) is 0 Å². The van der Waals surface area contributed by atoms with Crippen molar-refractivity contribution in [2.45, 2.75) is 26.1 Å². The van der Waals surface area contributed by atoms with Crippen LogP contribution in [0.3, 0.4) is 0 Å². The number of rotatable bonds is 3. The summed E-state index contributed by atoms with van der Waals surface area (Å²) in [6.45, 7) is 5.92. The third-order valence-electron chi connectivity index (χ3n) is 2.89. The first-order valence-electron chi connectivity index (χ1n) is 5.74. The fourth-order valence-electron chi connectivity index (χ4n) is 1.93. The van der Waals surface area contributed by atoms with E-state index in [1.165, 1.54) is 15.7 Å². The van der Waals surface area contributed by atoms with Crippen LogP contribution in [-0.2, 0) is 17.8 Å². The average Bonchev–Trinajstić information content (AvgIpc) is 2.77. The standard InChI is InChI=1S/C11H14N4O4/c1-3-4-19-11(18)14-6-8-9(10(16)17)12-13-15(8)5-7(14)2/h3,7H,1,4-6H2,2H3,(H,16,17)/t7-/m0/s1. The second kappa shape index (κ2) is 5.09. The lowest BCUT2D eigenvalue weighted by molar-refractivity contribution is 0.0669. The number of hydrogen-bond acceptors (Lipinski definition) is 5. The van der Waals surface area contributed by atoms with Crippen molar-refractivity contribution in [2.24, 2.45) is 0 Å². The van der Waals surface area contributed by atoms with Gasteiger partial charge in [0.1, 0.15) is 6.61 Å². The molecule has 0 radical (unpaired) electrons. The van der Waals surface area contributed by atoms with Crippen LogP contribution in [0.4, 0.5) is 4.79 Å². The Bertz CT molecular complexity index is 525. The number of nitrogens with zero attached hydrogens (tertiary/aromatic N) is 4. The molecule has 1 amide bonds. The molecular weight excluding hydrogens is 252 g/mol. The van der Waals surface area contributed by atoms with Crippen LogP contribution >= 0.6 is 0 Å². The Balaban J connectivity index is 2.21. The predicted octanol–water partition coefficient (Wildman–Crippen LogP) is 0.503. The quantitative estimate of drug-likeness (QED) is 0.800. The van der Waals surface area contributed by atoms with E-state index >= 15 is 0 Å². The Morgan fingerprint density at radius 3 is 3.00 bits per heavy atom. The lowest BCUT2D eigenvalue weighted by atomic mass is 10.2. The molecule has 1 aromatic rings.